The van der Waals surface area contributed by atoms with E-state index in [1.54, 1.807) is 25.3 Å². The van der Waals surface area contributed by atoms with E-state index >= 15 is 0 Å². The lowest BCUT2D eigenvalue weighted by atomic mass is 10.2. The van der Waals surface area contributed by atoms with Gasteiger partial charge in [-0.3, -0.25) is 9.48 Å². The second-order valence-corrected chi connectivity index (χ2v) is 4.70. The van der Waals surface area contributed by atoms with Crippen molar-refractivity contribution >= 4 is 6.29 Å². The van der Waals surface area contributed by atoms with E-state index in [-0.39, 0.29) is 0 Å². The number of nitrogens with zero attached hydrogens (tertiary/aromatic N) is 2. The van der Waals surface area contributed by atoms with E-state index in [0.717, 1.165) is 12.0 Å². The second kappa shape index (κ2) is 6.23. The molecule has 1 heterocycles. The van der Waals surface area contributed by atoms with Crippen LogP contribution in [0.1, 0.15) is 35.9 Å². The van der Waals surface area contributed by atoms with Crippen molar-refractivity contribution in [3.05, 3.63) is 41.7 Å². The number of hydrogen-bond acceptors (Lipinski definition) is 4. The van der Waals surface area contributed by atoms with Crippen molar-refractivity contribution in [2.24, 2.45) is 0 Å². The Bertz CT molecular complexity index is 591. The number of benzene rings is 1. The molecule has 1 aromatic heterocycles. The molecule has 0 aliphatic rings. The van der Waals surface area contributed by atoms with Crippen LogP contribution < -0.4 is 9.47 Å². The summed E-state index contributed by atoms with van der Waals surface area (Å²) in [5.74, 6) is 1.13. The molecule has 2 aromatic rings. The first kappa shape index (κ1) is 14.1. The van der Waals surface area contributed by atoms with Crippen molar-refractivity contribution in [3.63, 3.8) is 0 Å². The number of hydrogen-bond donors (Lipinski definition) is 0. The average Bonchev–Trinajstić information content (AvgIpc) is 2.94. The smallest absolute Gasteiger partial charge is 0.161 e. The van der Waals surface area contributed by atoms with Gasteiger partial charge in [0.05, 0.1) is 12.8 Å². The number of aldehydes is 1. The lowest BCUT2D eigenvalue weighted by Gasteiger charge is -2.10. The van der Waals surface area contributed by atoms with Crippen LogP contribution in [0.4, 0.5) is 0 Å². The first-order valence-corrected chi connectivity index (χ1v) is 6.44. The molecular formula is C15H18N2O3. The number of aromatic nitrogens is 2. The minimum atomic E-state index is 0.324. The highest BCUT2D eigenvalue weighted by molar-refractivity contribution is 5.76. The van der Waals surface area contributed by atoms with Crippen LogP contribution in [0.15, 0.2) is 30.5 Å². The molecule has 0 atom stereocenters. The van der Waals surface area contributed by atoms with E-state index in [0.29, 0.717) is 29.7 Å². The zero-order valence-corrected chi connectivity index (χ0v) is 11.9. The van der Waals surface area contributed by atoms with Crippen molar-refractivity contribution in [2.45, 2.75) is 26.5 Å². The van der Waals surface area contributed by atoms with Crippen LogP contribution >= 0.6 is 0 Å². The van der Waals surface area contributed by atoms with E-state index in [2.05, 4.69) is 18.9 Å². The molecule has 0 fully saturated rings. The van der Waals surface area contributed by atoms with Gasteiger partial charge in [0.2, 0.25) is 0 Å². The van der Waals surface area contributed by atoms with E-state index in [1.165, 1.54) is 0 Å². The molecule has 0 bridgehead atoms. The quantitative estimate of drug-likeness (QED) is 0.760. The Kier molecular flexibility index (Phi) is 4.40. The molecule has 0 saturated carbocycles. The summed E-state index contributed by atoms with van der Waals surface area (Å²) in [5.41, 5.74) is 1.40. The first-order valence-electron chi connectivity index (χ1n) is 6.44. The maximum atomic E-state index is 10.7. The zero-order valence-electron chi connectivity index (χ0n) is 11.9. The molecule has 0 aliphatic carbocycles. The summed E-state index contributed by atoms with van der Waals surface area (Å²) in [6.07, 6.45) is 2.70. The van der Waals surface area contributed by atoms with Crippen molar-refractivity contribution in [2.75, 3.05) is 7.11 Å². The van der Waals surface area contributed by atoms with E-state index in [4.69, 9.17) is 9.47 Å². The Morgan fingerprint density at radius 1 is 1.30 bits per heavy atom. The fourth-order valence-corrected chi connectivity index (χ4v) is 1.77. The number of carbonyl (C=O) groups excluding carboxylic acids is 1. The highest BCUT2D eigenvalue weighted by Gasteiger charge is 2.07. The third-order valence-corrected chi connectivity index (χ3v) is 2.89. The van der Waals surface area contributed by atoms with Crippen molar-refractivity contribution in [1.82, 2.24) is 9.78 Å². The third-order valence-electron chi connectivity index (χ3n) is 2.89. The summed E-state index contributed by atoms with van der Waals surface area (Å²) in [4.78, 5) is 10.7. The van der Waals surface area contributed by atoms with Gasteiger partial charge < -0.3 is 9.47 Å². The van der Waals surface area contributed by atoms with Gasteiger partial charge in [-0.15, -0.1) is 0 Å². The molecular weight excluding hydrogens is 256 g/mol. The Hall–Kier alpha value is -2.30. The first-order chi connectivity index (χ1) is 9.63. The lowest BCUT2D eigenvalue weighted by Crippen LogP contribution is -2.04. The summed E-state index contributed by atoms with van der Waals surface area (Å²) in [6, 6.07) is 7.31. The van der Waals surface area contributed by atoms with Crippen LogP contribution in [0.5, 0.6) is 11.5 Å². The van der Waals surface area contributed by atoms with Gasteiger partial charge in [-0.25, -0.2) is 0 Å². The number of rotatable bonds is 6. The largest absolute Gasteiger partial charge is 0.493 e. The fraction of sp³-hybridized carbons (Fsp3) is 0.333. The third kappa shape index (κ3) is 3.17. The molecule has 0 aliphatic heterocycles. The molecule has 0 unspecified atom stereocenters. The topological polar surface area (TPSA) is 53.4 Å². The van der Waals surface area contributed by atoms with Gasteiger partial charge in [0, 0.05) is 17.8 Å². The van der Waals surface area contributed by atoms with Gasteiger partial charge in [-0.1, -0.05) is 0 Å². The van der Waals surface area contributed by atoms with Crippen LogP contribution in [0.3, 0.4) is 0 Å². The monoisotopic (exact) mass is 274 g/mol. The van der Waals surface area contributed by atoms with Crippen LogP contribution in [-0.4, -0.2) is 23.2 Å². The molecule has 2 rings (SSSR count). The number of carbonyl (C=O) groups is 1. The molecule has 0 spiro atoms. The average molecular weight is 274 g/mol. The molecule has 5 heteroatoms. The van der Waals surface area contributed by atoms with Gasteiger partial charge in [-0.2, -0.15) is 5.10 Å². The summed E-state index contributed by atoms with van der Waals surface area (Å²) in [5, 5.41) is 4.41. The van der Waals surface area contributed by atoms with Crippen LogP contribution in [0.25, 0.3) is 0 Å². The number of ether oxygens (including phenoxy) is 2. The SMILES string of the molecule is COc1cc(C=O)ccc1OCc1ccn(C(C)C)n1. The molecule has 1 aromatic carbocycles. The fourth-order valence-electron chi connectivity index (χ4n) is 1.77. The summed E-state index contributed by atoms with van der Waals surface area (Å²) in [7, 11) is 1.55. The summed E-state index contributed by atoms with van der Waals surface area (Å²) >= 11 is 0. The molecule has 0 radical (unpaired) electrons. The van der Waals surface area contributed by atoms with Gasteiger partial charge >= 0.3 is 0 Å². The normalized spacial score (nSPS) is 10.6. The lowest BCUT2D eigenvalue weighted by molar-refractivity contribution is 0.112. The highest BCUT2D eigenvalue weighted by Crippen LogP contribution is 2.28. The van der Waals surface area contributed by atoms with Crippen molar-refractivity contribution in [1.29, 1.82) is 0 Å². The predicted octanol–water partition coefficient (Wildman–Crippen LogP) is 2.86. The van der Waals surface area contributed by atoms with Gasteiger partial charge in [0.15, 0.2) is 11.5 Å². The molecule has 5 nitrogen and oxygen atoms in total. The Balaban J connectivity index is 2.07. The Morgan fingerprint density at radius 3 is 2.70 bits per heavy atom. The predicted molar refractivity (Wildman–Crippen MR) is 75.3 cm³/mol. The van der Waals surface area contributed by atoms with E-state index < -0.39 is 0 Å². The zero-order chi connectivity index (χ0) is 14.5. The number of methoxy groups -OCH3 is 1. The van der Waals surface area contributed by atoms with Crippen LogP contribution in [-0.2, 0) is 6.61 Å². The molecule has 20 heavy (non-hydrogen) atoms. The van der Waals surface area contributed by atoms with Gasteiger partial charge in [0.25, 0.3) is 0 Å². The Labute approximate surface area is 118 Å². The Morgan fingerprint density at radius 2 is 2.10 bits per heavy atom. The minimum Gasteiger partial charge on any atom is -0.493 e. The summed E-state index contributed by atoms with van der Waals surface area (Å²) < 4.78 is 12.8. The molecule has 0 saturated heterocycles. The molecule has 106 valence electrons. The van der Waals surface area contributed by atoms with E-state index in [1.807, 2.05) is 16.9 Å². The second-order valence-electron chi connectivity index (χ2n) is 4.70. The van der Waals surface area contributed by atoms with Crippen molar-refractivity contribution < 1.29 is 14.3 Å². The minimum absolute atomic E-state index is 0.324. The molecule has 0 amide bonds. The highest BCUT2D eigenvalue weighted by atomic mass is 16.5. The summed E-state index contributed by atoms with van der Waals surface area (Å²) in [6.45, 7) is 4.49. The van der Waals surface area contributed by atoms with Gasteiger partial charge in [0.1, 0.15) is 12.9 Å². The van der Waals surface area contributed by atoms with E-state index in [9.17, 15) is 4.79 Å². The van der Waals surface area contributed by atoms with Crippen molar-refractivity contribution in [3.8, 4) is 11.5 Å². The van der Waals surface area contributed by atoms with Crippen LogP contribution in [0.2, 0.25) is 0 Å². The maximum absolute atomic E-state index is 10.7. The maximum Gasteiger partial charge on any atom is 0.161 e. The van der Waals surface area contributed by atoms with Gasteiger partial charge in [-0.05, 0) is 38.1 Å². The molecule has 0 N–H and O–H groups in total. The van der Waals surface area contributed by atoms with Crippen LogP contribution in [0, 0.1) is 0 Å². The standard InChI is InChI=1S/C15H18N2O3/c1-11(2)17-7-6-13(16-17)10-20-14-5-4-12(9-18)8-15(14)19-3/h4-9,11H,10H2,1-3H3.